The summed E-state index contributed by atoms with van der Waals surface area (Å²) in [5, 5.41) is 7.44. The largest absolute Gasteiger partial charge is 0.489 e. The molecule has 6 nitrogen and oxygen atoms in total. The Bertz CT molecular complexity index is 1930. The zero-order valence-corrected chi connectivity index (χ0v) is 22.4. The number of hydrogen-bond donors (Lipinski definition) is 0. The van der Waals surface area contributed by atoms with Crippen molar-refractivity contribution in [3.8, 4) is 17.3 Å². The van der Waals surface area contributed by atoms with Crippen molar-refractivity contribution in [2.45, 2.75) is 6.61 Å². The van der Waals surface area contributed by atoms with Gasteiger partial charge in [0.05, 0.1) is 17.1 Å². The minimum absolute atomic E-state index is 0.280. The Morgan fingerprint density at radius 1 is 0.897 bits per heavy atom. The van der Waals surface area contributed by atoms with Crippen molar-refractivity contribution < 1.29 is 9.15 Å². The Labute approximate surface area is 237 Å². The number of ether oxygens (including phenoxy) is 1. The topological polar surface area (TPSA) is 69.6 Å². The Kier molecular flexibility index (Phi) is 6.83. The molecule has 0 bridgehead atoms. The maximum absolute atomic E-state index is 13.4. The van der Waals surface area contributed by atoms with Crippen LogP contribution in [0.25, 0.3) is 33.5 Å². The zero-order chi connectivity index (χ0) is 26.9. The van der Waals surface area contributed by atoms with E-state index < -0.39 is 0 Å². The number of aromatic nitrogens is 2. The maximum atomic E-state index is 13.4. The van der Waals surface area contributed by atoms with Crippen molar-refractivity contribution in [3.05, 3.63) is 128 Å². The lowest BCUT2D eigenvalue weighted by Gasteiger charge is -2.09. The third-order valence-corrected chi connectivity index (χ3v) is 6.89. The third kappa shape index (κ3) is 5.27. The first-order chi connectivity index (χ1) is 18.9. The van der Waals surface area contributed by atoms with Crippen molar-refractivity contribution >= 4 is 62.9 Å². The van der Waals surface area contributed by atoms with E-state index >= 15 is 0 Å². The summed E-state index contributed by atoms with van der Waals surface area (Å²) in [6.07, 6.45) is 1.58. The SMILES string of the molecule is O=c1c2ccccc2nc(-c2cc3cc(Cl)ccc3o2)n1N=Cc1ccc(OCc2ccc(Cl)cc2Cl)cc1. The second-order valence-electron chi connectivity index (χ2n) is 8.70. The molecular weight excluding hydrogens is 557 g/mol. The van der Waals surface area contributed by atoms with Crippen LogP contribution in [0.5, 0.6) is 5.75 Å². The molecule has 0 aliphatic carbocycles. The van der Waals surface area contributed by atoms with Crippen LogP contribution >= 0.6 is 34.8 Å². The number of fused-ring (bicyclic) bond motifs is 2. The molecule has 0 fully saturated rings. The van der Waals surface area contributed by atoms with Crippen molar-refractivity contribution in [2.24, 2.45) is 5.10 Å². The van der Waals surface area contributed by atoms with Gasteiger partial charge < -0.3 is 9.15 Å². The van der Waals surface area contributed by atoms with Gasteiger partial charge in [-0.2, -0.15) is 9.78 Å². The highest BCUT2D eigenvalue weighted by atomic mass is 35.5. The number of para-hydroxylation sites is 1. The molecule has 0 N–H and O–H groups in total. The molecule has 6 rings (SSSR count). The fourth-order valence-corrected chi connectivity index (χ4v) is 4.73. The van der Waals surface area contributed by atoms with Gasteiger partial charge in [0.25, 0.3) is 5.56 Å². The number of benzene rings is 4. The smallest absolute Gasteiger partial charge is 0.282 e. The molecule has 192 valence electrons. The summed E-state index contributed by atoms with van der Waals surface area (Å²) in [6, 6.07) is 26.8. The van der Waals surface area contributed by atoms with Crippen molar-refractivity contribution in [2.75, 3.05) is 0 Å². The van der Waals surface area contributed by atoms with Gasteiger partial charge in [-0.25, -0.2) is 4.98 Å². The number of nitrogens with zero attached hydrogens (tertiary/aromatic N) is 3. The Morgan fingerprint density at radius 3 is 2.49 bits per heavy atom. The van der Waals surface area contributed by atoms with Crippen LogP contribution in [-0.2, 0) is 6.61 Å². The summed E-state index contributed by atoms with van der Waals surface area (Å²) < 4.78 is 13.1. The Balaban J connectivity index is 1.32. The van der Waals surface area contributed by atoms with Gasteiger partial charge >= 0.3 is 0 Å². The van der Waals surface area contributed by atoms with Crippen LogP contribution in [0.15, 0.2) is 105 Å². The quantitative estimate of drug-likeness (QED) is 0.188. The van der Waals surface area contributed by atoms with E-state index in [1.807, 2.05) is 36.4 Å². The zero-order valence-electron chi connectivity index (χ0n) is 20.1. The van der Waals surface area contributed by atoms with Gasteiger partial charge in [-0.05, 0) is 78.4 Å². The molecule has 0 atom stereocenters. The van der Waals surface area contributed by atoms with E-state index in [9.17, 15) is 4.79 Å². The number of rotatable bonds is 6. The van der Waals surface area contributed by atoms with E-state index in [-0.39, 0.29) is 11.4 Å². The molecule has 0 aliphatic rings. The predicted molar refractivity (Wildman–Crippen MR) is 156 cm³/mol. The molecule has 6 aromatic rings. The lowest BCUT2D eigenvalue weighted by atomic mass is 10.2. The average molecular weight is 575 g/mol. The summed E-state index contributed by atoms with van der Waals surface area (Å²) >= 11 is 18.3. The van der Waals surface area contributed by atoms with E-state index in [4.69, 9.17) is 48.9 Å². The fraction of sp³-hybridized carbons (Fsp3) is 0.0333. The fourth-order valence-electron chi connectivity index (χ4n) is 4.09. The summed E-state index contributed by atoms with van der Waals surface area (Å²) in [5.41, 5.74) is 2.45. The highest BCUT2D eigenvalue weighted by molar-refractivity contribution is 6.35. The first kappa shape index (κ1) is 25.2. The van der Waals surface area contributed by atoms with Gasteiger partial charge in [-0.3, -0.25) is 4.79 Å². The lowest BCUT2D eigenvalue weighted by Crippen LogP contribution is -2.20. The van der Waals surface area contributed by atoms with E-state index in [1.54, 1.807) is 60.8 Å². The highest BCUT2D eigenvalue weighted by Gasteiger charge is 2.16. The van der Waals surface area contributed by atoms with E-state index in [1.165, 1.54) is 4.68 Å². The van der Waals surface area contributed by atoms with Crippen LogP contribution in [0.4, 0.5) is 0 Å². The maximum Gasteiger partial charge on any atom is 0.282 e. The van der Waals surface area contributed by atoms with E-state index in [2.05, 4.69) is 5.10 Å². The molecule has 0 saturated heterocycles. The van der Waals surface area contributed by atoms with Crippen molar-refractivity contribution in [1.29, 1.82) is 0 Å². The number of furan rings is 1. The molecule has 2 aromatic heterocycles. The molecule has 0 unspecified atom stereocenters. The summed E-state index contributed by atoms with van der Waals surface area (Å²) in [4.78, 5) is 18.1. The van der Waals surface area contributed by atoms with Gasteiger partial charge in [-0.15, -0.1) is 0 Å². The van der Waals surface area contributed by atoms with Gasteiger partial charge in [0.2, 0.25) is 5.82 Å². The highest BCUT2D eigenvalue weighted by Crippen LogP contribution is 2.29. The van der Waals surface area contributed by atoms with Crippen LogP contribution < -0.4 is 10.3 Å². The van der Waals surface area contributed by atoms with Gasteiger partial charge in [0.1, 0.15) is 17.9 Å². The first-order valence-electron chi connectivity index (χ1n) is 11.9. The molecule has 0 radical (unpaired) electrons. The van der Waals surface area contributed by atoms with Crippen LogP contribution in [-0.4, -0.2) is 15.9 Å². The van der Waals surface area contributed by atoms with Gasteiger partial charge in [0, 0.05) is 26.0 Å². The second kappa shape index (κ2) is 10.6. The minimum atomic E-state index is -0.315. The second-order valence-corrected chi connectivity index (χ2v) is 9.98. The van der Waals surface area contributed by atoms with Crippen molar-refractivity contribution in [1.82, 2.24) is 9.66 Å². The van der Waals surface area contributed by atoms with Crippen LogP contribution in [0.3, 0.4) is 0 Å². The average Bonchev–Trinajstić information content (AvgIpc) is 3.36. The van der Waals surface area contributed by atoms with E-state index in [0.717, 1.165) is 16.5 Å². The van der Waals surface area contributed by atoms with Gasteiger partial charge in [0.15, 0.2) is 5.76 Å². The van der Waals surface area contributed by atoms with Crippen LogP contribution in [0, 0.1) is 0 Å². The monoisotopic (exact) mass is 573 g/mol. The first-order valence-corrected chi connectivity index (χ1v) is 13.0. The van der Waals surface area contributed by atoms with Crippen LogP contribution in [0.1, 0.15) is 11.1 Å². The minimum Gasteiger partial charge on any atom is -0.489 e. The van der Waals surface area contributed by atoms with Crippen molar-refractivity contribution in [3.63, 3.8) is 0 Å². The van der Waals surface area contributed by atoms with E-state index in [0.29, 0.717) is 49.7 Å². The molecule has 9 heteroatoms. The predicted octanol–water partition coefficient (Wildman–Crippen LogP) is 8.23. The van der Waals surface area contributed by atoms with Crippen LogP contribution in [0.2, 0.25) is 15.1 Å². The molecule has 0 spiro atoms. The molecule has 0 saturated carbocycles. The molecule has 0 aliphatic heterocycles. The third-order valence-electron chi connectivity index (χ3n) is 6.06. The summed E-state index contributed by atoms with van der Waals surface area (Å²) in [6.45, 7) is 0.299. The summed E-state index contributed by atoms with van der Waals surface area (Å²) in [5.74, 6) is 1.34. The van der Waals surface area contributed by atoms with Gasteiger partial charge in [-0.1, -0.05) is 53.0 Å². The molecule has 0 amide bonds. The molecule has 39 heavy (non-hydrogen) atoms. The lowest BCUT2D eigenvalue weighted by molar-refractivity contribution is 0.306. The Hall–Kier alpha value is -4.10. The Morgan fingerprint density at radius 2 is 1.67 bits per heavy atom. The molecule has 2 heterocycles. The normalized spacial score (nSPS) is 11.6. The molecule has 4 aromatic carbocycles. The number of hydrogen-bond acceptors (Lipinski definition) is 5. The summed E-state index contributed by atoms with van der Waals surface area (Å²) in [7, 11) is 0. The molecular formula is C30H18Cl3N3O3. The number of halogens is 3. The standard InChI is InChI=1S/C30H18Cl3N3O3/c31-21-9-12-27-20(13-21)14-28(39-27)29-35-26-4-2-1-3-24(26)30(37)36(29)34-16-18-5-10-23(11-6-18)38-17-19-7-8-22(32)15-25(19)33/h1-16H,17H2.